The summed E-state index contributed by atoms with van der Waals surface area (Å²) in [5.74, 6) is 2.58. The first-order valence-corrected chi connectivity index (χ1v) is 9.23. The molecule has 6 nitrogen and oxygen atoms in total. The Morgan fingerprint density at radius 3 is 2.54 bits per heavy atom. The fraction of sp³-hybridized carbons (Fsp3) is 0.833. The van der Waals surface area contributed by atoms with Crippen molar-refractivity contribution in [1.29, 1.82) is 0 Å². The molecule has 0 saturated carbocycles. The first-order chi connectivity index (χ1) is 11.5. The molecule has 2 aliphatic rings. The molecule has 1 aromatic rings. The summed E-state index contributed by atoms with van der Waals surface area (Å²) in [7, 11) is 1.72. The summed E-state index contributed by atoms with van der Waals surface area (Å²) < 4.78 is 7.49. The Labute approximate surface area is 144 Å². The van der Waals surface area contributed by atoms with Crippen molar-refractivity contribution in [2.45, 2.75) is 58.9 Å². The normalized spacial score (nSPS) is 20.2. The number of aromatic nitrogens is 3. The van der Waals surface area contributed by atoms with E-state index in [1.54, 1.807) is 7.11 Å². The molecular formula is C18H30N4O2. The summed E-state index contributed by atoms with van der Waals surface area (Å²) in [6, 6.07) is 0. The Morgan fingerprint density at radius 2 is 1.88 bits per heavy atom. The number of methoxy groups -OCH3 is 1. The molecule has 1 fully saturated rings. The molecule has 0 aromatic carbocycles. The van der Waals surface area contributed by atoms with Crippen molar-refractivity contribution in [3.8, 4) is 0 Å². The molecule has 134 valence electrons. The number of aryl methyl sites for hydroxylation is 1. The molecule has 0 N–H and O–H groups in total. The highest BCUT2D eigenvalue weighted by molar-refractivity contribution is 5.78. The number of amides is 1. The van der Waals surface area contributed by atoms with Crippen LogP contribution in [0, 0.1) is 11.3 Å². The van der Waals surface area contributed by atoms with Gasteiger partial charge in [0.05, 0.1) is 6.61 Å². The van der Waals surface area contributed by atoms with Gasteiger partial charge in [-0.1, -0.05) is 13.8 Å². The maximum absolute atomic E-state index is 12.2. The van der Waals surface area contributed by atoms with Crippen molar-refractivity contribution in [3.05, 3.63) is 11.6 Å². The molecule has 2 aliphatic heterocycles. The quantitative estimate of drug-likeness (QED) is 0.846. The van der Waals surface area contributed by atoms with Crippen LogP contribution in [0.2, 0.25) is 0 Å². The Balaban J connectivity index is 1.63. The van der Waals surface area contributed by atoms with Crippen molar-refractivity contribution in [3.63, 3.8) is 0 Å². The standard InChI is InChI=1S/C18H30N4O2/c1-14(2)17(23)21-10-7-18(8-11-21)6-4-15-19-20-16(5-13-24-3)22(15)12-9-18/h14H,4-13H2,1-3H3. The van der Waals surface area contributed by atoms with Crippen LogP contribution in [0.1, 0.15) is 51.2 Å². The maximum atomic E-state index is 12.2. The average molecular weight is 334 g/mol. The lowest BCUT2D eigenvalue weighted by Gasteiger charge is -2.42. The smallest absolute Gasteiger partial charge is 0.225 e. The minimum absolute atomic E-state index is 0.104. The predicted molar refractivity (Wildman–Crippen MR) is 91.6 cm³/mol. The van der Waals surface area contributed by atoms with Crippen LogP contribution in [-0.4, -0.2) is 52.4 Å². The third-order valence-electron chi connectivity index (χ3n) is 5.81. The number of fused-ring (bicyclic) bond motifs is 1. The van der Waals surface area contributed by atoms with E-state index in [0.29, 0.717) is 17.9 Å². The number of likely N-dealkylation sites (tertiary alicyclic amines) is 1. The lowest BCUT2D eigenvalue weighted by molar-refractivity contribution is -0.137. The van der Waals surface area contributed by atoms with Crippen LogP contribution in [-0.2, 0) is 28.9 Å². The van der Waals surface area contributed by atoms with Gasteiger partial charge >= 0.3 is 0 Å². The van der Waals surface area contributed by atoms with E-state index < -0.39 is 0 Å². The van der Waals surface area contributed by atoms with Crippen molar-refractivity contribution in [2.75, 3.05) is 26.8 Å². The summed E-state index contributed by atoms with van der Waals surface area (Å²) in [6.07, 6.45) is 6.40. The van der Waals surface area contributed by atoms with Crippen LogP contribution in [0.25, 0.3) is 0 Å². The Hall–Kier alpha value is -1.43. The van der Waals surface area contributed by atoms with Gasteiger partial charge in [0.2, 0.25) is 5.91 Å². The van der Waals surface area contributed by atoms with Crippen LogP contribution >= 0.6 is 0 Å². The number of carbonyl (C=O) groups excluding carboxylic acids is 1. The molecule has 0 aliphatic carbocycles. The van der Waals surface area contributed by atoms with Gasteiger partial charge in [-0.15, -0.1) is 10.2 Å². The highest BCUT2D eigenvalue weighted by Gasteiger charge is 2.38. The Morgan fingerprint density at radius 1 is 1.17 bits per heavy atom. The fourth-order valence-corrected chi connectivity index (χ4v) is 4.11. The molecule has 0 unspecified atom stereocenters. The van der Waals surface area contributed by atoms with Gasteiger partial charge in [0.1, 0.15) is 11.6 Å². The number of hydrogen-bond acceptors (Lipinski definition) is 4. The van der Waals surface area contributed by atoms with E-state index in [-0.39, 0.29) is 5.92 Å². The summed E-state index contributed by atoms with van der Waals surface area (Å²) in [6.45, 7) is 7.50. The number of hydrogen-bond donors (Lipinski definition) is 0. The highest BCUT2D eigenvalue weighted by atomic mass is 16.5. The average Bonchev–Trinajstić information content (AvgIpc) is 2.89. The van der Waals surface area contributed by atoms with Gasteiger partial charge in [0, 0.05) is 45.5 Å². The molecule has 1 aromatic heterocycles. The SMILES string of the molecule is COCCc1nnc2n1CCC1(CC2)CCN(C(=O)C(C)C)CC1. The molecule has 24 heavy (non-hydrogen) atoms. The third-order valence-corrected chi connectivity index (χ3v) is 5.81. The lowest BCUT2D eigenvalue weighted by Crippen LogP contribution is -2.44. The molecule has 1 spiro atoms. The second kappa shape index (κ2) is 7.21. The Kier molecular flexibility index (Phi) is 5.23. The van der Waals surface area contributed by atoms with Crippen LogP contribution < -0.4 is 0 Å². The van der Waals surface area contributed by atoms with Crippen LogP contribution in [0.15, 0.2) is 0 Å². The molecule has 0 bridgehead atoms. The zero-order chi connectivity index (χ0) is 17.2. The van der Waals surface area contributed by atoms with E-state index in [9.17, 15) is 4.79 Å². The molecule has 0 radical (unpaired) electrons. The first-order valence-electron chi connectivity index (χ1n) is 9.23. The maximum Gasteiger partial charge on any atom is 0.225 e. The number of nitrogens with zero attached hydrogens (tertiary/aromatic N) is 4. The van der Waals surface area contributed by atoms with E-state index in [2.05, 4.69) is 19.7 Å². The van der Waals surface area contributed by atoms with Crippen LogP contribution in [0.4, 0.5) is 0 Å². The molecule has 3 rings (SSSR count). The van der Waals surface area contributed by atoms with Gasteiger partial charge in [-0.25, -0.2) is 0 Å². The number of rotatable bonds is 4. The van der Waals surface area contributed by atoms with Gasteiger partial charge in [0.15, 0.2) is 0 Å². The monoisotopic (exact) mass is 334 g/mol. The number of piperidine rings is 1. The first kappa shape index (κ1) is 17.4. The van der Waals surface area contributed by atoms with E-state index >= 15 is 0 Å². The van der Waals surface area contributed by atoms with Crippen molar-refractivity contribution < 1.29 is 9.53 Å². The minimum Gasteiger partial charge on any atom is -0.384 e. The van der Waals surface area contributed by atoms with Crippen molar-refractivity contribution in [1.82, 2.24) is 19.7 Å². The third kappa shape index (κ3) is 3.48. The zero-order valence-electron chi connectivity index (χ0n) is 15.3. The number of ether oxygens (including phenoxy) is 1. The summed E-state index contributed by atoms with van der Waals surface area (Å²) >= 11 is 0. The van der Waals surface area contributed by atoms with Crippen molar-refractivity contribution in [2.24, 2.45) is 11.3 Å². The second-order valence-corrected chi connectivity index (χ2v) is 7.66. The molecule has 6 heteroatoms. The van der Waals surface area contributed by atoms with E-state index in [1.807, 2.05) is 13.8 Å². The largest absolute Gasteiger partial charge is 0.384 e. The molecule has 0 atom stereocenters. The minimum atomic E-state index is 0.104. The number of carbonyl (C=O) groups is 1. The van der Waals surface area contributed by atoms with Gasteiger partial charge < -0.3 is 14.2 Å². The second-order valence-electron chi connectivity index (χ2n) is 7.66. The predicted octanol–water partition coefficient (Wildman–Crippen LogP) is 2.07. The van der Waals surface area contributed by atoms with Crippen molar-refractivity contribution >= 4 is 5.91 Å². The fourth-order valence-electron chi connectivity index (χ4n) is 4.11. The Bertz CT molecular complexity index is 574. The van der Waals surface area contributed by atoms with E-state index in [0.717, 1.165) is 57.0 Å². The molecule has 3 heterocycles. The van der Waals surface area contributed by atoms with Crippen LogP contribution in [0.5, 0.6) is 0 Å². The van der Waals surface area contributed by atoms with Crippen LogP contribution in [0.3, 0.4) is 0 Å². The lowest BCUT2D eigenvalue weighted by atomic mass is 9.72. The van der Waals surface area contributed by atoms with Gasteiger partial charge in [-0.05, 0) is 31.1 Å². The molecular weight excluding hydrogens is 304 g/mol. The molecule has 1 saturated heterocycles. The van der Waals surface area contributed by atoms with E-state index in [1.165, 1.54) is 12.8 Å². The topological polar surface area (TPSA) is 60.3 Å². The van der Waals surface area contributed by atoms with Gasteiger partial charge in [-0.3, -0.25) is 4.79 Å². The molecule has 1 amide bonds. The van der Waals surface area contributed by atoms with Gasteiger partial charge in [0.25, 0.3) is 0 Å². The van der Waals surface area contributed by atoms with Gasteiger partial charge in [-0.2, -0.15) is 0 Å². The zero-order valence-corrected chi connectivity index (χ0v) is 15.3. The summed E-state index contributed by atoms with van der Waals surface area (Å²) in [4.78, 5) is 14.3. The summed E-state index contributed by atoms with van der Waals surface area (Å²) in [5.41, 5.74) is 0.368. The van der Waals surface area contributed by atoms with E-state index in [4.69, 9.17) is 4.74 Å². The highest BCUT2D eigenvalue weighted by Crippen LogP contribution is 2.41. The summed E-state index contributed by atoms with van der Waals surface area (Å²) in [5, 5.41) is 8.75.